The van der Waals surface area contributed by atoms with Gasteiger partial charge in [-0.05, 0) is 62.4 Å². The van der Waals surface area contributed by atoms with Crippen LogP contribution in [0.15, 0.2) is 54.2 Å². The lowest BCUT2D eigenvalue weighted by Crippen LogP contribution is -2.25. The lowest BCUT2D eigenvalue weighted by atomic mass is 9.97. The van der Waals surface area contributed by atoms with Gasteiger partial charge in [0.05, 0.1) is 5.69 Å². The van der Waals surface area contributed by atoms with E-state index in [1.54, 1.807) is 10.9 Å². The average Bonchev–Trinajstić information content (AvgIpc) is 3.13. The van der Waals surface area contributed by atoms with Gasteiger partial charge in [-0.3, -0.25) is 4.79 Å². The topological polar surface area (TPSA) is 72.7 Å². The molecule has 0 aliphatic heterocycles. The second-order valence-electron chi connectivity index (χ2n) is 6.51. The van der Waals surface area contributed by atoms with Crippen LogP contribution in [0.1, 0.15) is 42.5 Å². The van der Waals surface area contributed by atoms with Crippen LogP contribution in [0.5, 0.6) is 0 Å². The first-order chi connectivity index (χ1) is 12.8. The summed E-state index contributed by atoms with van der Waals surface area (Å²) in [4.78, 5) is 16.8. The Morgan fingerprint density at radius 3 is 3.04 bits per heavy atom. The van der Waals surface area contributed by atoms with Crippen molar-refractivity contribution in [1.82, 2.24) is 25.3 Å². The first kappa shape index (κ1) is 16.4. The monoisotopic (exact) mass is 347 g/mol. The van der Waals surface area contributed by atoms with Gasteiger partial charge < -0.3 is 5.32 Å². The van der Waals surface area contributed by atoms with E-state index in [1.165, 1.54) is 24.8 Å². The summed E-state index contributed by atoms with van der Waals surface area (Å²) >= 11 is 0. The zero-order valence-electron chi connectivity index (χ0n) is 14.6. The number of hydrogen-bond donors (Lipinski definition) is 1. The maximum Gasteiger partial charge on any atom is 0.251 e. The Kier molecular flexibility index (Phi) is 4.73. The van der Waals surface area contributed by atoms with Gasteiger partial charge in [0.1, 0.15) is 5.52 Å². The molecule has 1 aliphatic rings. The van der Waals surface area contributed by atoms with E-state index in [4.69, 9.17) is 0 Å². The van der Waals surface area contributed by atoms with Crippen LogP contribution in [0.3, 0.4) is 0 Å². The molecule has 0 unspecified atom stereocenters. The van der Waals surface area contributed by atoms with Crippen LogP contribution in [-0.2, 0) is 0 Å². The van der Waals surface area contributed by atoms with Crippen molar-refractivity contribution in [2.75, 3.05) is 6.54 Å². The summed E-state index contributed by atoms with van der Waals surface area (Å²) in [6.07, 6.45) is 9.85. The van der Waals surface area contributed by atoms with E-state index >= 15 is 0 Å². The quantitative estimate of drug-likeness (QED) is 0.718. The first-order valence-electron chi connectivity index (χ1n) is 9.04. The summed E-state index contributed by atoms with van der Waals surface area (Å²) < 4.78 is 1.65. The van der Waals surface area contributed by atoms with E-state index in [2.05, 4.69) is 26.7 Å². The van der Waals surface area contributed by atoms with Gasteiger partial charge in [0, 0.05) is 18.3 Å². The standard InChI is InChI=1S/C20H21N5O/c26-20(22-13-11-15-6-2-1-3-7-15)16-8-4-9-17(14-16)25-19-18(23-24-25)10-5-12-21-19/h4-6,8-10,12,14H,1-3,7,11,13H2,(H,22,26). The lowest BCUT2D eigenvalue weighted by molar-refractivity contribution is 0.0954. The molecular formula is C20H21N5O. The fourth-order valence-electron chi connectivity index (χ4n) is 3.29. The number of carbonyl (C=O) groups is 1. The van der Waals surface area contributed by atoms with Crippen molar-refractivity contribution in [3.05, 3.63) is 59.8 Å². The molecule has 0 bridgehead atoms. The highest BCUT2D eigenvalue weighted by Crippen LogP contribution is 2.19. The van der Waals surface area contributed by atoms with E-state index in [9.17, 15) is 4.79 Å². The number of allylic oxidation sites excluding steroid dienone is 1. The fourth-order valence-corrected chi connectivity index (χ4v) is 3.29. The minimum atomic E-state index is -0.0689. The molecule has 132 valence electrons. The molecule has 0 radical (unpaired) electrons. The summed E-state index contributed by atoms with van der Waals surface area (Å²) in [7, 11) is 0. The van der Waals surface area contributed by atoms with Crippen molar-refractivity contribution < 1.29 is 4.79 Å². The largest absolute Gasteiger partial charge is 0.352 e. The highest BCUT2D eigenvalue weighted by molar-refractivity contribution is 5.94. The highest BCUT2D eigenvalue weighted by Gasteiger charge is 2.11. The Balaban J connectivity index is 1.47. The molecule has 3 aromatic rings. The molecule has 26 heavy (non-hydrogen) atoms. The Labute approximate surface area is 151 Å². The zero-order chi connectivity index (χ0) is 17.8. The van der Waals surface area contributed by atoms with E-state index in [1.807, 2.05) is 36.4 Å². The fraction of sp³-hybridized carbons (Fsp3) is 0.300. The highest BCUT2D eigenvalue weighted by atomic mass is 16.1. The number of fused-ring (bicyclic) bond motifs is 1. The van der Waals surface area contributed by atoms with E-state index < -0.39 is 0 Å². The second kappa shape index (κ2) is 7.47. The number of carbonyl (C=O) groups excluding carboxylic acids is 1. The van der Waals surface area contributed by atoms with Crippen LogP contribution >= 0.6 is 0 Å². The molecule has 2 aromatic heterocycles. The third-order valence-corrected chi connectivity index (χ3v) is 4.68. The molecule has 1 N–H and O–H groups in total. The maximum absolute atomic E-state index is 12.5. The van der Waals surface area contributed by atoms with Crippen LogP contribution in [-0.4, -0.2) is 32.4 Å². The minimum absolute atomic E-state index is 0.0689. The van der Waals surface area contributed by atoms with E-state index in [-0.39, 0.29) is 5.91 Å². The summed E-state index contributed by atoms with van der Waals surface area (Å²) in [6.45, 7) is 0.669. The molecule has 0 atom stereocenters. The van der Waals surface area contributed by atoms with E-state index in [0.717, 1.165) is 24.0 Å². The number of pyridine rings is 1. The Morgan fingerprint density at radius 2 is 2.15 bits per heavy atom. The number of aromatic nitrogens is 4. The van der Waals surface area contributed by atoms with Gasteiger partial charge in [0.25, 0.3) is 5.91 Å². The first-order valence-corrected chi connectivity index (χ1v) is 9.04. The van der Waals surface area contributed by atoms with Crippen molar-refractivity contribution >= 4 is 17.1 Å². The summed E-state index contributed by atoms with van der Waals surface area (Å²) in [5.41, 5.74) is 4.25. The summed E-state index contributed by atoms with van der Waals surface area (Å²) in [6, 6.07) is 11.1. The normalized spacial score (nSPS) is 14.2. The van der Waals surface area contributed by atoms with Crippen molar-refractivity contribution in [3.63, 3.8) is 0 Å². The molecule has 6 heteroatoms. The van der Waals surface area contributed by atoms with Gasteiger partial charge in [-0.1, -0.05) is 22.9 Å². The van der Waals surface area contributed by atoms with Gasteiger partial charge in [-0.15, -0.1) is 5.10 Å². The molecule has 0 saturated heterocycles. The molecule has 1 aliphatic carbocycles. The van der Waals surface area contributed by atoms with Crippen molar-refractivity contribution in [2.45, 2.75) is 32.1 Å². The minimum Gasteiger partial charge on any atom is -0.352 e. The molecule has 6 nitrogen and oxygen atoms in total. The van der Waals surface area contributed by atoms with Gasteiger partial charge in [-0.2, -0.15) is 4.68 Å². The van der Waals surface area contributed by atoms with Crippen molar-refractivity contribution in [3.8, 4) is 5.69 Å². The van der Waals surface area contributed by atoms with Gasteiger partial charge in [0.2, 0.25) is 0 Å². The second-order valence-corrected chi connectivity index (χ2v) is 6.51. The summed E-state index contributed by atoms with van der Waals surface area (Å²) in [5.74, 6) is -0.0689. The maximum atomic E-state index is 12.5. The number of hydrogen-bond acceptors (Lipinski definition) is 4. The summed E-state index contributed by atoms with van der Waals surface area (Å²) in [5, 5.41) is 11.3. The van der Waals surface area contributed by atoms with Crippen LogP contribution < -0.4 is 5.32 Å². The van der Waals surface area contributed by atoms with Crippen molar-refractivity contribution in [1.29, 1.82) is 0 Å². The van der Waals surface area contributed by atoms with Gasteiger partial charge in [0.15, 0.2) is 5.65 Å². The molecule has 0 fully saturated rings. The predicted octanol–water partition coefficient (Wildman–Crippen LogP) is 3.44. The number of nitrogens with one attached hydrogen (secondary N) is 1. The van der Waals surface area contributed by atoms with Crippen LogP contribution in [0, 0.1) is 0 Å². The smallest absolute Gasteiger partial charge is 0.251 e. The molecule has 4 rings (SSSR count). The van der Waals surface area contributed by atoms with Crippen LogP contribution in [0.4, 0.5) is 0 Å². The van der Waals surface area contributed by atoms with Crippen molar-refractivity contribution in [2.24, 2.45) is 0 Å². The number of benzene rings is 1. The third-order valence-electron chi connectivity index (χ3n) is 4.68. The lowest BCUT2D eigenvalue weighted by Gasteiger charge is -2.13. The molecule has 0 spiro atoms. The molecule has 1 amide bonds. The number of nitrogens with zero attached hydrogens (tertiary/aromatic N) is 4. The Morgan fingerprint density at radius 1 is 1.19 bits per heavy atom. The molecule has 1 aromatic carbocycles. The van der Waals surface area contributed by atoms with E-state index in [0.29, 0.717) is 17.8 Å². The Hall–Kier alpha value is -3.02. The van der Waals surface area contributed by atoms with Gasteiger partial charge >= 0.3 is 0 Å². The predicted molar refractivity (Wildman–Crippen MR) is 100 cm³/mol. The average molecular weight is 347 g/mol. The number of rotatable bonds is 5. The SMILES string of the molecule is O=C(NCCC1=CCCCC1)c1cccc(-n2nnc3cccnc32)c1. The molecular weight excluding hydrogens is 326 g/mol. The van der Waals surface area contributed by atoms with Crippen LogP contribution in [0.2, 0.25) is 0 Å². The molecule has 2 heterocycles. The Bertz CT molecular complexity index is 959. The zero-order valence-corrected chi connectivity index (χ0v) is 14.6. The third kappa shape index (κ3) is 3.49. The van der Waals surface area contributed by atoms with Gasteiger partial charge in [-0.25, -0.2) is 4.98 Å². The molecule has 0 saturated carbocycles. The van der Waals surface area contributed by atoms with Crippen LogP contribution in [0.25, 0.3) is 16.9 Å². The number of amides is 1.